The van der Waals surface area contributed by atoms with Gasteiger partial charge in [-0.3, -0.25) is 0 Å². The smallest absolute Gasteiger partial charge is 0.155 e. The van der Waals surface area contributed by atoms with Gasteiger partial charge in [0.15, 0.2) is 5.15 Å². The van der Waals surface area contributed by atoms with Gasteiger partial charge in [0.1, 0.15) is 5.92 Å². The summed E-state index contributed by atoms with van der Waals surface area (Å²) >= 11 is 9.59. The van der Waals surface area contributed by atoms with Gasteiger partial charge in [-0.1, -0.05) is 41.4 Å². The van der Waals surface area contributed by atoms with Crippen LogP contribution in [0.3, 0.4) is 0 Å². The van der Waals surface area contributed by atoms with Gasteiger partial charge in [-0.2, -0.15) is 10.4 Å². The minimum Gasteiger partial charge on any atom is -0.197 e. The number of hydrogen-bond acceptors (Lipinski definition) is 3. The number of aromatic nitrogens is 2. The van der Waals surface area contributed by atoms with Crippen molar-refractivity contribution >= 4 is 27.5 Å². The second-order valence-corrected chi connectivity index (χ2v) is 6.96. The van der Waals surface area contributed by atoms with Crippen LogP contribution in [0.15, 0.2) is 22.7 Å². The molecule has 1 aromatic carbocycles. The quantitative estimate of drug-likeness (QED) is 0.729. The molecule has 0 N–H and O–H groups in total. The maximum atomic E-state index is 9.69. The summed E-state index contributed by atoms with van der Waals surface area (Å²) in [7, 11) is 0. The van der Waals surface area contributed by atoms with Gasteiger partial charge < -0.3 is 0 Å². The summed E-state index contributed by atoms with van der Waals surface area (Å²) in [5.74, 6) is -0.219. The summed E-state index contributed by atoms with van der Waals surface area (Å²) in [5, 5.41) is 18.3. The molecule has 0 bridgehead atoms. The van der Waals surface area contributed by atoms with E-state index < -0.39 is 5.92 Å². The summed E-state index contributed by atoms with van der Waals surface area (Å²) in [6, 6.07) is 8.28. The molecule has 0 aliphatic rings. The van der Waals surface area contributed by atoms with Crippen LogP contribution in [0.4, 0.5) is 0 Å². The lowest BCUT2D eigenvalue weighted by molar-refractivity contribution is 0.807. The van der Waals surface area contributed by atoms with E-state index in [1.807, 2.05) is 45.9 Å². The molecule has 0 fully saturated rings. The number of halogens is 2. The monoisotopic (exact) mass is 377 g/mol. The number of aryl methyl sites for hydroxylation is 2. The van der Waals surface area contributed by atoms with Crippen LogP contribution < -0.4 is 0 Å². The minimum absolute atomic E-state index is 0.230. The third-order valence-corrected chi connectivity index (χ3v) is 4.44. The van der Waals surface area contributed by atoms with Gasteiger partial charge in [0.05, 0.1) is 11.8 Å². The van der Waals surface area contributed by atoms with E-state index >= 15 is 0 Å². The molecule has 3 nitrogen and oxygen atoms in total. The highest BCUT2D eigenvalue weighted by molar-refractivity contribution is 9.10. The number of nitriles is 1. The van der Waals surface area contributed by atoms with Crippen LogP contribution >= 0.6 is 27.5 Å². The fourth-order valence-electron chi connectivity index (χ4n) is 2.61. The molecule has 1 unspecified atom stereocenters. The van der Waals surface area contributed by atoms with Crippen molar-refractivity contribution in [2.24, 2.45) is 0 Å². The van der Waals surface area contributed by atoms with E-state index in [2.05, 4.69) is 32.2 Å². The molecular weight excluding hydrogens is 362 g/mol. The van der Waals surface area contributed by atoms with Gasteiger partial charge in [0.2, 0.25) is 0 Å². The zero-order chi connectivity index (χ0) is 16.4. The highest BCUT2D eigenvalue weighted by Gasteiger charge is 2.22. The van der Waals surface area contributed by atoms with Crippen molar-refractivity contribution in [1.82, 2.24) is 10.2 Å². The average Bonchev–Trinajstić information content (AvgIpc) is 2.43. The first-order valence-electron chi connectivity index (χ1n) is 7.04. The summed E-state index contributed by atoms with van der Waals surface area (Å²) in [4.78, 5) is 0. The summed E-state index contributed by atoms with van der Waals surface area (Å²) < 4.78 is 1.01. The average molecular weight is 379 g/mol. The first kappa shape index (κ1) is 16.9. The number of nitrogens with zero attached hydrogens (tertiary/aromatic N) is 3. The van der Waals surface area contributed by atoms with Gasteiger partial charge in [-0.05, 0) is 60.2 Å². The molecule has 1 atom stereocenters. The van der Waals surface area contributed by atoms with Crippen LogP contribution in [-0.4, -0.2) is 10.2 Å². The first-order chi connectivity index (χ1) is 10.3. The van der Waals surface area contributed by atoms with Gasteiger partial charge in [0, 0.05) is 4.47 Å². The Labute approximate surface area is 144 Å². The second kappa shape index (κ2) is 6.76. The highest BCUT2D eigenvalue weighted by Crippen LogP contribution is 2.32. The lowest BCUT2D eigenvalue weighted by Crippen LogP contribution is -2.08. The molecule has 2 rings (SSSR count). The van der Waals surface area contributed by atoms with E-state index in [1.54, 1.807) is 0 Å². The topological polar surface area (TPSA) is 49.6 Å². The number of rotatable bonds is 3. The Morgan fingerprint density at radius 3 is 2.23 bits per heavy atom. The summed E-state index contributed by atoms with van der Waals surface area (Å²) in [6.07, 6.45) is 0. The van der Waals surface area contributed by atoms with E-state index in [-0.39, 0.29) is 5.92 Å². The van der Waals surface area contributed by atoms with Gasteiger partial charge in [-0.15, -0.1) is 5.10 Å². The molecule has 114 valence electrons. The van der Waals surface area contributed by atoms with Crippen LogP contribution in [0.2, 0.25) is 5.15 Å². The largest absolute Gasteiger partial charge is 0.197 e. The Morgan fingerprint density at radius 2 is 1.73 bits per heavy atom. The van der Waals surface area contributed by atoms with E-state index in [0.29, 0.717) is 10.8 Å². The first-order valence-corrected chi connectivity index (χ1v) is 8.21. The van der Waals surface area contributed by atoms with Gasteiger partial charge >= 0.3 is 0 Å². The fourth-order valence-corrected chi connectivity index (χ4v) is 3.61. The molecule has 22 heavy (non-hydrogen) atoms. The number of hydrogen-bond donors (Lipinski definition) is 0. The minimum atomic E-state index is -0.449. The van der Waals surface area contributed by atoms with Crippen molar-refractivity contribution in [2.75, 3.05) is 0 Å². The fraction of sp³-hybridized carbons (Fsp3) is 0.353. The molecule has 0 amide bonds. The van der Waals surface area contributed by atoms with E-state index in [4.69, 9.17) is 11.6 Å². The Bertz CT molecular complexity index is 727. The molecular formula is C17H17BrClN3. The Morgan fingerprint density at radius 1 is 1.14 bits per heavy atom. The molecule has 0 saturated heterocycles. The molecule has 0 saturated carbocycles. The molecule has 1 aromatic heterocycles. The van der Waals surface area contributed by atoms with Gasteiger partial charge in [0.25, 0.3) is 0 Å². The standard InChI is InChI=1S/C17H17BrClN3/c1-9(2)13-7-15(21-22-17(13)19)14(8-20)16-10(3)5-12(18)6-11(16)4/h5-7,9,14H,1-4H3. The summed E-state index contributed by atoms with van der Waals surface area (Å²) in [6.45, 7) is 8.10. The zero-order valence-electron chi connectivity index (χ0n) is 13.0. The molecule has 0 aliphatic carbocycles. The maximum absolute atomic E-state index is 9.69. The predicted molar refractivity (Wildman–Crippen MR) is 92.2 cm³/mol. The normalized spacial score (nSPS) is 12.3. The van der Waals surface area contributed by atoms with Crippen LogP contribution in [0, 0.1) is 25.2 Å². The second-order valence-electron chi connectivity index (χ2n) is 5.69. The summed E-state index contributed by atoms with van der Waals surface area (Å²) in [5.41, 5.74) is 4.66. The Balaban J connectivity index is 2.60. The Hall–Kier alpha value is -1.44. The van der Waals surface area contributed by atoms with Crippen molar-refractivity contribution in [3.05, 3.63) is 55.8 Å². The van der Waals surface area contributed by atoms with Crippen molar-refractivity contribution in [3.63, 3.8) is 0 Å². The van der Waals surface area contributed by atoms with Crippen molar-refractivity contribution < 1.29 is 0 Å². The molecule has 0 aliphatic heterocycles. The van der Waals surface area contributed by atoms with Gasteiger partial charge in [-0.25, -0.2) is 0 Å². The lowest BCUT2D eigenvalue weighted by atomic mass is 9.88. The molecule has 2 aromatic rings. The van der Waals surface area contributed by atoms with E-state index in [0.717, 1.165) is 26.7 Å². The maximum Gasteiger partial charge on any atom is 0.155 e. The lowest BCUT2D eigenvalue weighted by Gasteiger charge is -2.17. The van der Waals surface area contributed by atoms with Crippen molar-refractivity contribution in [2.45, 2.75) is 39.5 Å². The molecule has 1 heterocycles. The van der Waals surface area contributed by atoms with Crippen LogP contribution in [-0.2, 0) is 0 Å². The molecule has 5 heteroatoms. The third-order valence-electron chi connectivity index (χ3n) is 3.69. The number of benzene rings is 1. The third kappa shape index (κ3) is 3.31. The SMILES string of the molecule is Cc1cc(Br)cc(C)c1C(C#N)c1cc(C(C)C)c(Cl)nn1. The van der Waals surface area contributed by atoms with Crippen LogP contribution in [0.25, 0.3) is 0 Å². The Kier molecular flexibility index (Phi) is 5.20. The van der Waals surface area contributed by atoms with Crippen LogP contribution in [0.1, 0.15) is 53.6 Å². The predicted octanol–water partition coefficient (Wildman–Crippen LogP) is 5.29. The highest BCUT2D eigenvalue weighted by atomic mass is 79.9. The van der Waals surface area contributed by atoms with E-state index in [1.165, 1.54) is 0 Å². The van der Waals surface area contributed by atoms with Crippen molar-refractivity contribution in [1.29, 1.82) is 5.26 Å². The van der Waals surface area contributed by atoms with Crippen molar-refractivity contribution in [3.8, 4) is 6.07 Å². The zero-order valence-corrected chi connectivity index (χ0v) is 15.3. The van der Waals surface area contributed by atoms with E-state index in [9.17, 15) is 5.26 Å². The van der Waals surface area contributed by atoms with Crippen LogP contribution in [0.5, 0.6) is 0 Å². The molecule has 0 radical (unpaired) electrons. The molecule has 0 spiro atoms.